The number of carbonyl (C=O) groups is 3. The van der Waals surface area contributed by atoms with E-state index in [0.717, 1.165) is 15.9 Å². The van der Waals surface area contributed by atoms with Gasteiger partial charge in [-0.25, -0.2) is 9.18 Å². The molecule has 1 saturated heterocycles. The number of carbonyl (C=O) groups excluding carboxylic acids is 3. The molecule has 1 heterocycles. The average Bonchev–Trinajstić information content (AvgIpc) is 2.70. The molecule has 2 rings (SSSR count). The molecule has 0 spiro atoms. The van der Waals surface area contributed by atoms with Gasteiger partial charge in [-0.1, -0.05) is 6.07 Å². The average molecular weight is 361 g/mol. The summed E-state index contributed by atoms with van der Waals surface area (Å²) >= 11 is 0. The quantitative estimate of drug-likeness (QED) is 0.656. The molecule has 1 N–H and O–H groups in total. The van der Waals surface area contributed by atoms with Crippen molar-refractivity contribution in [2.24, 2.45) is 0 Å². The van der Waals surface area contributed by atoms with E-state index >= 15 is 0 Å². The van der Waals surface area contributed by atoms with Crippen molar-refractivity contribution in [1.29, 1.82) is 0 Å². The van der Waals surface area contributed by atoms with Gasteiger partial charge in [0, 0.05) is 26.2 Å². The number of nitrogens with one attached hydrogen (secondary N) is 1. The maximum absolute atomic E-state index is 13.7. The van der Waals surface area contributed by atoms with Crippen LogP contribution in [-0.4, -0.2) is 47.8 Å². The van der Waals surface area contributed by atoms with Crippen LogP contribution in [0.3, 0.4) is 0 Å². The molecular formula is C15H15F4N3O3. The normalized spacial score (nSPS) is 18.1. The molecule has 136 valence electrons. The Morgan fingerprint density at radius 2 is 1.88 bits per heavy atom. The van der Waals surface area contributed by atoms with Gasteiger partial charge in [0.25, 0.3) is 5.91 Å². The van der Waals surface area contributed by atoms with E-state index in [1.165, 1.54) is 14.1 Å². The number of likely N-dealkylation sites (N-methyl/N-ethyl adjacent to an activating group) is 2. The fourth-order valence-corrected chi connectivity index (χ4v) is 2.39. The number of alkyl halides is 3. The zero-order valence-corrected chi connectivity index (χ0v) is 13.4. The number of amides is 4. The van der Waals surface area contributed by atoms with Crippen LogP contribution in [0.25, 0.3) is 0 Å². The number of hydrogen-bond acceptors (Lipinski definition) is 3. The van der Waals surface area contributed by atoms with Crippen LogP contribution in [0, 0.1) is 5.82 Å². The van der Waals surface area contributed by atoms with Gasteiger partial charge in [-0.3, -0.25) is 14.5 Å². The Kier molecular flexibility index (Phi) is 5.00. The zero-order valence-electron chi connectivity index (χ0n) is 13.4. The Morgan fingerprint density at radius 1 is 1.24 bits per heavy atom. The standard InChI is InChI=1S/C15H15F4N3O3/c1-21-11(13(24)22(2)14(21)25)6-12(23)20-7-8-3-4-9(5-10(8)16)15(17,18)19/h3-5,11H,6-7H2,1-2H3,(H,20,23). The highest BCUT2D eigenvalue weighted by molar-refractivity contribution is 6.05. The first-order valence-corrected chi connectivity index (χ1v) is 7.19. The Balaban J connectivity index is 1.97. The fourth-order valence-electron chi connectivity index (χ4n) is 2.39. The SMILES string of the molecule is CN1C(=O)C(CC(=O)NCc2ccc(C(F)(F)F)cc2F)N(C)C1=O. The maximum Gasteiger partial charge on any atom is 0.416 e. The predicted octanol–water partition coefficient (Wildman–Crippen LogP) is 1.74. The van der Waals surface area contributed by atoms with Crippen LogP contribution >= 0.6 is 0 Å². The Morgan fingerprint density at radius 3 is 2.36 bits per heavy atom. The highest BCUT2D eigenvalue weighted by Crippen LogP contribution is 2.30. The van der Waals surface area contributed by atoms with E-state index in [2.05, 4.69) is 5.32 Å². The fraction of sp³-hybridized carbons (Fsp3) is 0.400. The summed E-state index contributed by atoms with van der Waals surface area (Å²) in [7, 11) is 2.66. The number of hydrogen-bond donors (Lipinski definition) is 1. The molecule has 1 aliphatic heterocycles. The molecule has 0 saturated carbocycles. The van der Waals surface area contributed by atoms with Gasteiger partial charge in [-0.2, -0.15) is 13.2 Å². The Bertz CT molecular complexity index is 720. The van der Waals surface area contributed by atoms with Crippen LogP contribution in [0.5, 0.6) is 0 Å². The predicted molar refractivity (Wildman–Crippen MR) is 77.6 cm³/mol. The maximum atomic E-state index is 13.7. The summed E-state index contributed by atoms with van der Waals surface area (Å²) in [5.41, 5.74) is -1.25. The first-order chi connectivity index (χ1) is 11.5. The van der Waals surface area contributed by atoms with Crippen molar-refractivity contribution >= 4 is 17.8 Å². The van der Waals surface area contributed by atoms with Crippen molar-refractivity contribution < 1.29 is 31.9 Å². The summed E-state index contributed by atoms with van der Waals surface area (Å²) in [6.07, 6.45) is -4.98. The number of urea groups is 1. The van der Waals surface area contributed by atoms with Gasteiger partial charge >= 0.3 is 12.2 Å². The third-order valence-electron chi connectivity index (χ3n) is 3.91. The van der Waals surface area contributed by atoms with Crippen LogP contribution in [0.2, 0.25) is 0 Å². The lowest BCUT2D eigenvalue weighted by atomic mass is 10.1. The first-order valence-electron chi connectivity index (χ1n) is 7.19. The van der Waals surface area contributed by atoms with Gasteiger partial charge in [-0.05, 0) is 12.1 Å². The van der Waals surface area contributed by atoms with E-state index < -0.39 is 41.4 Å². The van der Waals surface area contributed by atoms with Gasteiger partial charge < -0.3 is 10.2 Å². The minimum atomic E-state index is -4.66. The molecule has 4 amide bonds. The molecule has 1 aromatic carbocycles. The number of nitrogens with zero attached hydrogens (tertiary/aromatic N) is 2. The van der Waals surface area contributed by atoms with Crippen LogP contribution in [0.1, 0.15) is 17.5 Å². The third-order valence-corrected chi connectivity index (χ3v) is 3.91. The van der Waals surface area contributed by atoms with Crippen molar-refractivity contribution in [3.05, 3.63) is 35.1 Å². The Labute approximate surface area is 140 Å². The lowest BCUT2D eigenvalue weighted by Gasteiger charge is -2.16. The lowest BCUT2D eigenvalue weighted by molar-refractivity contribution is -0.137. The van der Waals surface area contributed by atoms with Crippen molar-refractivity contribution in [1.82, 2.24) is 15.1 Å². The summed E-state index contributed by atoms with van der Waals surface area (Å²) < 4.78 is 51.1. The molecule has 1 aliphatic rings. The zero-order chi connectivity index (χ0) is 18.9. The van der Waals surface area contributed by atoms with Crippen LogP contribution in [0.15, 0.2) is 18.2 Å². The molecule has 25 heavy (non-hydrogen) atoms. The van der Waals surface area contributed by atoms with Gasteiger partial charge in [0.15, 0.2) is 0 Å². The second kappa shape index (κ2) is 6.69. The van der Waals surface area contributed by atoms with Crippen LogP contribution in [-0.2, 0) is 22.3 Å². The second-order valence-electron chi connectivity index (χ2n) is 5.59. The topological polar surface area (TPSA) is 69.7 Å². The number of halogens is 4. The van der Waals surface area contributed by atoms with E-state index in [9.17, 15) is 31.9 Å². The molecule has 1 fully saturated rings. The molecule has 1 atom stereocenters. The monoisotopic (exact) mass is 361 g/mol. The van der Waals surface area contributed by atoms with Gasteiger partial charge in [0.2, 0.25) is 5.91 Å². The Hall–Kier alpha value is -2.65. The molecule has 10 heteroatoms. The van der Waals surface area contributed by atoms with E-state index in [0.29, 0.717) is 12.1 Å². The van der Waals surface area contributed by atoms with Crippen molar-refractivity contribution in [3.63, 3.8) is 0 Å². The molecule has 6 nitrogen and oxygen atoms in total. The molecule has 0 bridgehead atoms. The first kappa shape index (κ1) is 18.7. The highest BCUT2D eigenvalue weighted by atomic mass is 19.4. The lowest BCUT2D eigenvalue weighted by Crippen LogP contribution is -2.37. The van der Waals surface area contributed by atoms with E-state index in [1.807, 2.05) is 0 Å². The number of benzene rings is 1. The number of rotatable bonds is 4. The van der Waals surface area contributed by atoms with Gasteiger partial charge in [0.1, 0.15) is 11.9 Å². The highest BCUT2D eigenvalue weighted by Gasteiger charge is 2.41. The van der Waals surface area contributed by atoms with E-state index in [4.69, 9.17) is 0 Å². The van der Waals surface area contributed by atoms with Crippen LogP contribution < -0.4 is 5.32 Å². The molecular weight excluding hydrogens is 346 g/mol. The largest absolute Gasteiger partial charge is 0.416 e. The molecule has 0 aromatic heterocycles. The van der Waals surface area contributed by atoms with E-state index in [-0.39, 0.29) is 18.5 Å². The number of imide groups is 1. The van der Waals surface area contributed by atoms with E-state index in [1.54, 1.807) is 0 Å². The van der Waals surface area contributed by atoms with Crippen LogP contribution in [0.4, 0.5) is 22.4 Å². The summed E-state index contributed by atoms with van der Waals surface area (Å²) in [4.78, 5) is 37.3. The van der Waals surface area contributed by atoms with Gasteiger partial charge in [-0.15, -0.1) is 0 Å². The minimum absolute atomic E-state index is 0.124. The van der Waals surface area contributed by atoms with Crippen molar-refractivity contribution in [2.75, 3.05) is 14.1 Å². The minimum Gasteiger partial charge on any atom is -0.352 e. The van der Waals surface area contributed by atoms with Crippen molar-refractivity contribution in [3.8, 4) is 0 Å². The second-order valence-corrected chi connectivity index (χ2v) is 5.59. The van der Waals surface area contributed by atoms with Crippen molar-refractivity contribution in [2.45, 2.75) is 25.2 Å². The molecule has 1 unspecified atom stereocenters. The molecule has 0 aliphatic carbocycles. The smallest absolute Gasteiger partial charge is 0.352 e. The third kappa shape index (κ3) is 3.89. The summed E-state index contributed by atoms with van der Waals surface area (Å²) in [6, 6.07) is 0.491. The summed E-state index contributed by atoms with van der Waals surface area (Å²) in [6.45, 7) is -0.336. The molecule has 0 radical (unpaired) electrons. The molecule has 1 aromatic rings. The summed E-state index contributed by atoms with van der Waals surface area (Å²) in [5, 5.41) is 2.33. The van der Waals surface area contributed by atoms with Gasteiger partial charge in [0.05, 0.1) is 12.0 Å². The summed E-state index contributed by atoms with van der Waals surface area (Å²) in [5.74, 6) is -2.27.